The molecule has 0 saturated carbocycles. The largest absolute Gasteiger partial charge is 0.377 e. The Hall–Kier alpha value is -0.330. The predicted molar refractivity (Wildman–Crippen MR) is 66.7 cm³/mol. The summed E-state index contributed by atoms with van der Waals surface area (Å²) < 4.78 is 3.98. The van der Waals surface area contributed by atoms with Gasteiger partial charge in [-0.3, -0.25) is 4.90 Å². The summed E-state index contributed by atoms with van der Waals surface area (Å²) in [5.41, 5.74) is 1.09. The van der Waals surface area contributed by atoms with E-state index in [0.29, 0.717) is 0 Å². The van der Waals surface area contributed by atoms with Gasteiger partial charge in [-0.25, -0.2) is 0 Å². The molecule has 0 amide bonds. The first-order valence-electron chi connectivity index (χ1n) is 5.19. The van der Waals surface area contributed by atoms with Crippen molar-refractivity contribution in [3.8, 4) is 0 Å². The molecule has 2 heterocycles. The molecule has 1 N–H and O–H groups in total. The molecular weight excluding hydrogens is 228 g/mol. The average Bonchev–Trinajstić information content (AvgIpc) is 2.53. The van der Waals surface area contributed by atoms with Crippen molar-refractivity contribution < 1.29 is 0 Å². The lowest BCUT2D eigenvalue weighted by Crippen LogP contribution is -2.25. The third kappa shape index (κ3) is 3.06. The van der Waals surface area contributed by atoms with Crippen LogP contribution in [0.1, 0.15) is 12.1 Å². The Morgan fingerprint density at radius 3 is 3.20 bits per heavy atom. The minimum atomic E-state index is 0.938. The molecule has 84 valence electrons. The number of anilines is 1. The van der Waals surface area contributed by atoms with Gasteiger partial charge in [-0.1, -0.05) is 4.49 Å². The zero-order valence-electron chi connectivity index (χ0n) is 8.90. The number of thioether (sulfide) groups is 1. The van der Waals surface area contributed by atoms with Crippen LogP contribution in [0.3, 0.4) is 0 Å². The van der Waals surface area contributed by atoms with Crippen LogP contribution in [-0.4, -0.2) is 46.1 Å². The average molecular weight is 244 g/mol. The Kier molecular flexibility index (Phi) is 4.22. The van der Waals surface area contributed by atoms with Gasteiger partial charge in [0, 0.05) is 37.4 Å². The summed E-state index contributed by atoms with van der Waals surface area (Å²) in [6, 6.07) is 0. The number of hydrogen-bond acceptors (Lipinski definition) is 6. The highest BCUT2D eigenvalue weighted by molar-refractivity contribution is 7.99. The van der Waals surface area contributed by atoms with Crippen LogP contribution in [0, 0.1) is 0 Å². The van der Waals surface area contributed by atoms with Crippen LogP contribution in [0.2, 0.25) is 0 Å². The number of hydrogen-bond donors (Lipinski definition) is 1. The zero-order valence-corrected chi connectivity index (χ0v) is 10.5. The Balaban J connectivity index is 1.94. The summed E-state index contributed by atoms with van der Waals surface area (Å²) in [4.78, 5) is 2.47. The van der Waals surface area contributed by atoms with Crippen molar-refractivity contribution in [2.75, 3.05) is 37.0 Å². The first-order valence-corrected chi connectivity index (χ1v) is 7.12. The fraction of sp³-hybridized carbons (Fsp3) is 0.778. The maximum atomic E-state index is 4.17. The molecule has 15 heavy (non-hydrogen) atoms. The van der Waals surface area contributed by atoms with Gasteiger partial charge in [-0.05, 0) is 18.7 Å². The van der Waals surface area contributed by atoms with Crippen molar-refractivity contribution in [2.24, 2.45) is 0 Å². The fourth-order valence-corrected chi connectivity index (χ4v) is 3.12. The quantitative estimate of drug-likeness (QED) is 0.873. The second kappa shape index (κ2) is 5.67. The smallest absolute Gasteiger partial charge is 0.134 e. The second-order valence-corrected chi connectivity index (χ2v) is 5.52. The van der Waals surface area contributed by atoms with Crippen molar-refractivity contribution in [1.29, 1.82) is 0 Å². The molecule has 1 saturated heterocycles. The fourth-order valence-electron chi connectivity index (χ4n) is 1.67. The third-order valence-corrected chi connectivity index (χ3v) is 4.31. The summed E-state index contributed by atoms with van der Waals surface area (Å²) in [6.07, 6.45) is 1.29. The Morgan fingerprint density at radius 1 is 1.40 bits per heavy atom. The molecule has 4 nitrogen and oxygen atoms in total. The number of nitrogens with zero attached hydrogens (tertiary/aromatic N) is 3. The summed E-state index contributed by atoms with van der Waals surface area (Å²) in [7, 11) is 1.93. The van der Waals surface area contributed by atoms with E-state index >= 15 is 0 Å². The molecule has 0 spiro atoms. The molecule has 0 bridgehead atoms. The van der Waals surface area contributed by atoms with E-state index in [4.69, 9.17) is 0 Å². The maximum Gasteiger partial charge on any atom is 0.134 e. The van der Waals surface area contributed by atoms with Gasteiger partial charge in [0.05, 0.1) is 0 Å². The number of nitrogens with one attached hydrogen (secondary N) is 1. The van der Waals surface area contributed by atoms with E-state index in [2.05, 4.69) is 31.6 Å². The summed E-state index contributed by atoms with van der Waals surface area (Å²) in [5.74, 6) is 2.54. The SMILES string of the molecule is CNc1snnc1CN1CCCSCC1. The first-order chi connectivity index (χ1) is 7.40. The molecule has 1 aromatic rings. The molecule has 1 aromatic heterocycles. The molecule has 2 rings (SSSR count). The highest BCUT2D eigenvalue weighted by Gasteiger charge is 2.13. The van der Waals surface area contributed by atoms with Crippen LogP contribution in [0.4, 0.5) is 5.00 Å². The molecular formula is C9H16N4S2. The van der Waals surface area contributed by atoms with Crippen LogP contribution in [0.5, 0.6) is 0 Å². The van der Waals surface area contributed by atoms with Crippen molar-refractivity contribution >= 4 is 28.3 Å². The number of aromatic nitrogens is 2. The van der Waals surface area contributed by atoms with Crippen molar-refractivity contribution in [1.82, 2.24) is 14.5 Å². The minimum Gasteiger partial charge on any atom is -0.377 e. The number of rotatable bonds is 3. The van der Waals surface area contributed by atoms with Gasteiger partial charge in [0.15, 0.2) is 0 Å². The van der Waals surface area contributed by atoms with Gasteiger partial charge in [-0.15, -0.1) is 5.10 Å². The normalized spacial score (nSPS) is 18.7. The molecule has 0 aromatic carbocycles. The lowest BCUT2D eigenvalue weighted by Gasteiger charge is -2.18. The van der Waals surface area contributed by atoms with Crippen LogP contribution < -0.4 is 5.32 Å². The summed E-state index contributed by atoms with van der Waals surface area (Å²) in [6.45, 7) is 3.30. The molecule has 1 fully saturated rings. The zero-order chi connectivity index (χ0) is 10.5. The standard InChI is InChI=1S/C9H16N4S2/c1-10-9-8(11-12-15-9)7-13-3-2-5-14-6-4-13/h10H,2-7H2,1H3. The van der Waals surface area contributed by atoms with E-state index in [9.17, 15) is 0 Å². The van der Waals surface area contributed by atoms with Gasteiger partial charge < -0.3 is 5.32 Å². The minimum absolute atomic E-state index is 0.938. The van der Waals surface area contributed by atoms with Crippen molar-refractivity contribution in [3.05, 3.63) is 5.69 Å². The first kappa shape index (κ1) is 11.2. The summed E-state index contributed by atoms with van der Waals surface area (Å²) in [5, 5.41) is 8.42. The molecule has 0 radical (unpaired) electrons. The molecule has 0 aliphatic carbocycles. The maximum absolute atomic E-state index is 4.17. The van der Waals surface area contributed by atoms with E-state index in [-0.39, 0.29) is 0 Å². The van der Waals surface area contributed by atoms with E-state index in [1.807, 2.05) is 7.05 Å². The highest BCUT2D eigenvalue weighted by Crippen LogP contribution is 2.20. The Bertz CT molecular complexity index is 294. The molecule has 1 aliphatic rings. The second-order valence-electron chi connectivity index (χ2n) is 3.54. The Morgan fingerprint density at radius 2 is 2.33 bits per heavy atom. The van der Waals surface area contributed by atoms with E-state index < -0.39 is 0 Å². The third-order valence-electron chi connectivity index (χ3n) is 2.47. The molecule has 1 aliphatic heterocycles. The Labute approximate surface area is 98.6 Å². The van der Waals surface area contributed by atoms with Gasteiger partial charge in [0.2, 0.25) is 0 Å². The lowest BCUT2D eigenvalue weighted by molar-refractivity contribution is 0.284. The molecule has 6 heteroatoms. The van der Waals surface area contributed by atoms with E-state index in [0.717, 1.165) is 17.2 Å². The topological polar surface area (TPSA) is 41.1 Å². The van der Waals surface area contributed by atoms with Crippen molar-refractivity contribution in [2.45, 2.75) is 13.0 Å². The van der Waals surface area contributed by atoms with Crippen LogP contribution in [0.25, 0.3) is 0 Å². The van der Waals surface area contributed by atoms with Gasteiger partial charge in [0.25, 0.3) is 0 Å². The highest BCUT2D eigenvalue weighted by atomic mass is 32.2. The van der Waals surface area contributed by atoms with Gasteiger partial charge in [0.1, 0.15) is 10.7 Å². The van der Waals surface area contributed by atoms with E-state index in [1.54, 1.807) is 0 Å². The lowest BCUT2D eigenvalue weighted by atomic mass is 10.3. The van der Waals surface area contributed by atoms with E-state index in [1.165, 1.54) is 42.5 Å². The predicted octanol–water partition coefficient (Wildman–Crippen LogP) is 1.52. The molecule has 0 unspecified atom stereocenters. The van der Waals surface area contributed by atoms with Gasteiger partial charge in [-0.2, -0.15) is 11.8 Å². The van der Waals surface area contributed by atoms with Crippen LogP contribution in [0.15, 0.2) is 0 Å². The monoisotopic (exact) mass is 244 g/mol. The van der Waals surface area contributed by atoms with Crippen LogP contribution >= 0.6 is 23.3 Å². The van der Waals surface area contributed by atoms with Gasteiger partial charge >= 0.3 is 0 Å². The molecule has 0 atom stereocenters. The van der Waals surface area contributed by atoms with Crippen molar-refractivity contribution in [3.63, 3.8) is 0 Å². The van der Waals surface area contributed by atoms with Crippen LogP contribution in [-0.2, 0) is 6.54 Å². The summed E-state index contributed by atoms with van der Waals surface area (Å²) >= 11 is 3.49.